The zero-order valence-corrected chi connectivity index (χ0v) is 12.6. The van der Waals surface area contributed by atoms with E-state index >= 15 is 0 Å². The first-order chi connectivity index (χ1) is 10.1. The number of amides is 2. The van der Waals surface area contributed by atoms with E-state index in [0.717, 1.165) is 24.3 Å². The minimum Gasteiger partial charge on any atom is -0.385 e. The van der Waals surface area contributed by atoms with Crippen molar-refractivity contribution < 1.29 is 9.59 Å². The normalized spacial score (nSPS) is 15.5. The molecule has 1 fully saturated rings. The molecule has 21 heavy (non-hydrogen) atoms. The van der Waals surface area contributed by atoms with Crippen molar-refractivity contribution in [2.75, 3.05) is 31.5 Å². The van der Waals surface area contributed by atoms with Gasteiger partial charge >= 0.3 is 0 Å². The van der Waals surface area contributed by atoms with Crippen LogP contribution in [-0.2, 0) is 16.1 Å². The number of carbonyl (C=O) groups excluding carboxylic acids is 2. The van der Waals surface area contributed by atoms with Crippen molar-refractivity contribution in [2.24, 2.45) is 0 Å². The van der Waals surface area contributed by atoms with Gasteiger partial charge in [0, 0.05) is 25.0 Å². The van der Waals surface area contributed by atoms with Gasteiger partial charge in [0.25, 0.3) is 0 Å². The van der Waals surface area contributed by atoms with Gasteiger partial charge in [-0.2, -0.15) is 0 Å². The summed E-state index contributed by atoms with van der Waals surface area (Å²) in [5.74, 6) is -0.00186. The number of pyridine rings is 1. The number of hydrogen-bond acceptors (Lipinski definition) is 4. The van der Waals surface area contributed by atoms with Crippen molar-refractivity contribution >= 4 is 17.5 Å². The Morgan fingerprint density at radius 3 is 2.62 bits per heavy atom. The van der Waals surface area contributed by atoms with E-state index in [1.54, 1.807) is 16.0 Å². The number of piperazine rings is 1. The Bertz CT molecular complexity index is 518. The van der Waals surface area contributed by atoms with E-state index in [2.05, 4.69) is 10.3 Å². The molecule has 0 atom stereocenters. The van der Waals surface area contributed by atoms with E-state index in [9.17, 15) is 9.59 Å². The van der Waals surface area contributed by atoms with Crippen LogP contribution in [0.2, 0.25) is 0 Å². The third kappa shape index (κ3) is 3.93. The van der Waals surface area contributed by atoms with Crippen LogP contribution in [0.5, 0.6) is 0 Å². The fourth-order valence-corrected chi connectivity index (χ4v) is 2.39. The minimum atomic E-state index is -0.0151. The summed E-state index contributed by atoms with van der Waals surface area (Å²) in [7, 11) is 0. The van der Waals surface area contributed by atoms with Crippen LogP contribution in [0.25, 0.3) is 0 Å². The van der Waals surface area contributed by atoms with Crippen molar-refractivity contribution in [1.29, 1.82) is 0 Å². The van der Waals surface area contributed by atoms with Crippen molar-refractivity contribution in [3.63, 3.8) is 0 Å². The number of nitrogens with one attached hydrogen (secondary N) is 1. The molecule has 2 amide bonds. The summed E-state index contributed by atoms with van der Waals surface area (Å²) < 4.78 is 0. The highest BCUT2D eigenvalue weighted by Crippen LogP contribution is 2.13. The van der Waals surface area contributed by atoms with Gasteiger partial charge in [0.2, 0.25) is 11.8 Å². The molecule has 6 heteroatoms. The Kier molecular flexibility index (Phi) is 5.14. The van der Waals surface area contributed by atoms with Crippen LogP contribution in [0, 0.1) is 0 Å². The lowest BCUT2D eigenvalue weighted by Crippen LogP contribution is -2.53. The molecule has 1 aliphatic rings. The lowest BCUT2D eigenvalue weighted by Gasteiger charge is -2.33. The second-order valence-corrected chi connectivity index (χ2v) is 5.13. The standard InChI is InChI=1S/C15H22N4O2/c1-3-7-18-10-15(21)19(11-14(18)20)9-13-8-12(16-4-2)5-6-17-13/h5-6,8H,3-4,7,9-11H2,1-2H3,(H,16,17). The molecule has 6 nitrogen and oxygen atoms in total. The molecule has 0 aliphatic carbocycles. The van der Waals surface area contributed by atoms with Crippen LogP contribution in [0.15, 0.2) is 18.3 Å². The van der Waals surface area contributed by atoms with Gasteiger partial charge in [-0.15, -0.1) is 0 Å². The zero-order chi connectivity index (χ0) is 15.2. The highest BCUT2D eigenvalue weighted by atomic mass is 16.2. The first-order valence-corrected chi connectivity index (χ1v) is 7.38. The number of carbonyl (C=O) groups is 2. The third-order valence-corrected chi connectivity index (χ3v) is 3.40. The quantitative estimate of drug-likeness (QED) is 0.852. The fourth-order valence-electron chi connectivity index (χ4n) is 2.39. The van der Waals surface area contributed by atoms with Crippen LogP contribution in [0.4, 0.5) is 5.69 Å². The zero-order valence-electron chi connectivity index (χ0n) is 12.6. The third-order valence-electron chi connectivity index (χ3n) is 3.40. The number of anilines is 1. The number of nitrogens with zero attached hydrogens (tertiary/aromatic N) is 3. The fraction of sp³-hybridized carbons (Fsp3) is 0.533. The molecule has 0 unspecified atom stereocenters. The van der Waals surface area contributed by atoms with Gasteiger partial charge in [-0.3, -0.25) is 14.6 Å². The van der Waals surface area contributed by atoms with E-state index in [1.807, 2.05) is 26.0 Å². The Hall–Kier alpha value is -2.11. The summed E-state index contributed by atoms with van der Waals surface area (Å²) >= 11 is 0. The molecule has 1 aromatic heterocycles. The maximum absolute atomic E-state index is 12.1. The molecule has 0 saturated carbocycles. The lowest BCUT2D eigenvalue weighted by atomic mass is 10.2. The second-order valence-electron chi connectivity index (χ2n) is 5.13. The monoisotopic (exact) mass is 290 g/mol. The Morgan fingerprint density at radius 2 is 1.90 bits per heavy atom. The number of aromatic nitrogens is 1. The summed E-state index contributed by atoms with van der Waals surface area (Å²) in [5.41, 5.74) is 1.77. The van der Waals surface area contributed by atoms with Crippen LogP contribution in [-0.4, -0.2) is 52.8 Å². The van der Waals surface area contributed by atoms with Gasteiger partial charge < -0.3 is 15.1 Å². The molecule has 2 rings (SSSR count). The van der Waals surface area contributed by atoms with Crippen LogP contribution in [0.3, 0.4) is 0 Å². The van der Waals surface area contributed by atoms with E-state index in [-0.39, 0.29) is 24.9 Å². The van der Waals surface area contributed by atoms with Gasteiger partial charge in [-0.1, -0.05) is 6.92 Å². The van der Waals surface area contributed by atoms with Gasteiger partial charge in [-0.05, 0) is 25.5 Å². The molecular weight excluding hydrogens is 268 g/mol. The molecule has 0 spiro atoms. The predicted molar refractivity (Wildman–Crippen MR) is 80.7 cm³/mol. The van der Waals surface area contributed by atoms with E-state index in [0.29, 0.717) is 13.1 Å². The number of hydrogen-bond donors (Lipinski definition) is 1. The minimum absolute atomic E-state index is 0.0132. The van der Waals surface area contributed by atoms with E-state index in [4.69, 9.17) is 0 Å². The van der Waals surface area contributed by atoms with Crippen molar-refractivity contribution in [3.05, 3.63) is 24.0 Å². The summed E-state index contributed by atoms with van der Waals surface area (Å²) in [6.07, 6.45) is 2.58. The van der Waals surface area contributed by atoms with E-state index in [1.165, 1.54) is 0 Å². The molecule has 1 aromatic rings. The van der Waals surface area contributed by atoms with Crippen LogP contribution >= 0.6 is 0 Å². The molecule has 1 N–H and O–H groups in total. The maximum Gasteiger partial charge on any atom is 0.243 e. The average Bonchev–Trinajstić information content (AvgIpc) is 2.45. The Morgan fingerprint density at radius 1 is 1.19 bits per heavy atom. The Balaban J connectivity index is 2.01. The number of rotatable bonds is 6. The Labute approximate surface area is 125 Å². The van der Waals surface area contributed by atoms with Gasteiger partial charge in [0.05, 0.1) is 18.8 Å². The average molecular weight is 290 g/mol. The molecule has 114 valence electrons. The smallest absolute Gasteiger partial charge is 0.243 e. The largest absolute Gasteiger partial charge is 0.385 e. The molecule has 0 aromatic carbocycles. The summed E-state index contributed by atoms with van der Waals surface area (Å²) in [6, 6.07) is 3.80. The van der Waals surface area contributed by atoms with Gasteiger partial charge in [-0.25, -0.2) is 0 Å². The molecular formula is C15H22N4O2. The van der Waals surface area contributed by atoms with Crippen LogP contribution in [0.1, 0.15) is 26.0 Å². The highest BCUT2D eigenvalue weighted by molar-refractivity contribution is 5.92. The molecule has 0 radical (unpaired) electrons. The maximum atomic E-state index is 12.1. The van der Waals surface area contributed by atoms with Crippen LogP contribution < -0.4 is 5.32 Å². The molecule has 1 saturated heterocycles. The first kappa shape index (κ1) is 15.3. The first-order valence-electron chi connectivity index (χ1n) is 7.38. The highest BCUT2D eigenvalue weighted by Gasteiger charge is 2.29. The summed E-state index contributed by atoms with van der Waals surface area (Å²) in [6.45, 7) is 6.20. The predicted octanol–water partition coefficient (Wildman–Crippen LogP) is 1.09. The lowest BCUT2D eigenvalue weighted by molar-refractivity contribution is -0.150. The van der Waals surface area contributed by atoms with E-state index < -0.39 is 0 Å². The summed E-state index contributed by atoms with van der Waals surface area (Å²) in [4.78, 5) is 31.6. The van der Waals surface area contributed by atoms with Gasteiger partial charge in [0.1, 0.15) is 6.54 Å². The topological polar surface area (TPSA) is 65.5 Å². The van der Waals surface area contributed by atoms with Gasteiger partial charge in [0.15, 0.2) is 0 Å². The molecule has 0 bridgehead atoms. The molecule has 1 aliphatic heterocycles. The van der Waals surface area contributed by atoms with Crippen molar-refractivity contribution in [2.45, 2.75) is 26.8 Å². The summed E-state index contributed by atoms with van der Waals surface area (Å²) in [5, 5.41) is 3.21. The second kappa shape index (κ2) is 7.06. The van der Waals surface area contributed by atoms with Crippen molar-refractivity contribution in [3.8, 4) is 0 Å². The molecule has 2 heterocycles. The SMILES string of the molecule is CCCN1CC(=O)N(Cc2cc(NCC)ccn2)CC1=O. The van der Waals surface area contributed by atoms with Crippen molar-refractivity contribution in [1.82, 2.24) is 14.8 Å².